The second kappa shape index (κ2) is 9.22. The van der Waals surface area contributed by atoms with Crippen molar-refractivity contribution in [1.29, 1.82) is 0 Å². The van der Waals surface area contributed by atoms with Gasteiger partial charge < -0.3 is 15.5 Å². The minimum atomic E-state index is -3.34. The van der Waals surface area contributed by atoms with Gasteiger partial charge >= 0.3 is 0 Å². The van der Waals surface area contributed by atoms with Gasteiger partial charge in [0, 0.05) is 36.1 Å². The number of aromatic nitrogens is 2. The Morgan fingerprint density at radius 2 is 2.00 bits per heavy atom. The third kappa shape index (κ3) is 5.05. The fourth-order valence-corrected chi connectivity index (χ4v) is 5.76. The molecule has 0 radical (unpaired) electrons. The molecule has 1 aliphatic rings. The topological polar surface area (TPSA) is 128 Å². The van der Waals surface area contributed by atoms with Crippen molar-refractivity contribution >= 4 is 15.7 Å². The van der Waals surface area contributed by atoms with Gasteiger partial charge in [-0.2, -0.15) is 0 Å². The third-order valence-corrected chi connectivity index (χ3v) is 7.85. The molecule has 1 saturated carbocycles. The first-order chi connectivity index (χ1) is 15.3. The van der Waals surface area contributed by atoms with Crippen LogP contribution in [0.4, 0.5) is 0 Å². The van der Waals surface area contributed by atoms with Gasteiger partial charge in [0.25, 0.3) is 5.91 Å². The Kier molecular flexibility index (Phi) is 6.38. The van der Waals surface area contributed by atoms with Crippen LogP contribution in [0.1, 0.15) is 46.6 Å². The van der Waals surface area contributed by atoms with Crippen LogP contribution in [0.15, 0.2) is 53.2 Å². The molecular formula is C23H26N4O4S. The molecule has 0 spiro atoms. The lowest BCUT2D eigenvalue weighted by Crippen LogP contribution is -2.23. The maximum absolute atomic E-state index is 12.7. The van der Waals surface area contributed by atoms with E-state index in [-0.39, 0.29) is 17.7 Å². The summed E-state index contributed by atoms with van der Waals surface area (Å²) in [5.74, 6) is 0.446. The van der Waals surface area contributed by atoms with Gasteiger partial charge in [0.2, 0.25) is 5.89 Å². The lowest BCUT2D eigenvalue weighted by molar-refractivity contribution is 0.0951. The molecule has 8 nitrogen and oxygen atoms in total. The predicted octanol–water partition coefficient (Wildman–Crippen LogP) is 2.77. The standard InChI is InChI=1S/C23H26N4O4S/c1-15-21(14-32(29,30)20-9-8-19(24)11-20)27-23(31-15)18-6-4-17(5-7-18)22(28)26-13-16-3-2-10-25-12-16/h2-7,10,12,19-20H,8-9,11,13-14,24H2,1H3,(H,26,28)/t19-,20?/m0/s1. The zero-order chi connectivity index (χ0) is 22.7. The highest BCUT2D eigenvalue weighted by molar-refractivity contribution is 7.91. The van der Waals surface area contributed by atoms with E-state index in [2.05, 4.69) is 15.3 Å². The molecule has 1 aliphatic carbocycles. The average molecular weight is 455 g/mol. The van der Waals surface area contributed by atoms with Crippen LogP contribution in [0.25, 0.3) is 11.5 Å². The molecule has 9 heteroatoms. The van der Waals surface area contributed by atoms with E-state index in [0.717, 1.165) is 12.0 Å². The molecule has 4 rings (SSSR count). The first-order valence-electron chi connectivity index (χ1n) is 10.5. The summed E-state index contributed by atoms with van der Waals surface area (Å²) >= 11 is 0. The van der Waals surface area contributed by atoms with Gasteiger partial charge in [-0.15, -0.1) is 0 Å². The number of nitrogens with two attached hydrogens (primary N) is 1. The van der Waals surface area contributed by atoms with E-state index in [4.69, 9.17) is 10.2 Å². The van der Waals surface area contributed by atoms with Crippen molar-refractivity contribution in [2.75, 3.05) is 0 Å². The summed E-state index contributed by atoms with van der Waals surface area (Å²) in [5.41, 5.74) is 8.38. The Balaban J connectivity index is 1.42. The van der Waals surface area contributed by atoms with Crippen LogP contribution in [0.3, 0.4) is 0 Å². The second-order valence-electron chi connectivity index (χ2n) is 8.15. The Bertz CT molecular complexity index is 1190. The molecule has 3 N–H and O–H groups in total. The zero-order valence-corrected chi connectivity index (χ0v) is 18.6. The average Bonchev–Trinajstić information content (AvgIpc) is 3.39. The minimum Gasteiger partial charge on any atom is -0.441 e. The van der Waals surface area contributed by atoms with Gasteiger partial charge in [0.15, 0.2) is 9.84 Å². The monoisotopic (exact) mass is 454 g/mol. The first kappa shape index (κ1) is 22.2. The van der Waals surface area contributed by atoms with E-state index in [1.165, 1.54) is 0 Å². The van der Waals surface area contributed by atoms with Gasteiger partial charge in [-0.05, 0) is 62.1 Å². The number of pyridine rings is 1. The number of oxazole rings is 1. The molecule has 1 fully saturated rings. The first-order valence-corrected chi connectivity index (χ1v) is 12.2. The maximum atomic E-state index is 12.7. The van der Waals surface area contributed by atoms with Crippen LogP contribution in [0, 0.1) is 6.92 Å². The van der Waals surface area contributed by atoms with Crippen molar-refractivity contribution in [3.05, 3.63) is 71.4 Å². The van der Waals surface area contributed by atoms with Crippen LogP contribution in [-0.2, 0) is 22.1 Å². The number of amides is 1. The number of aryl methyl sites for hydroxylation is 1. The number of nitrogens with zero attached hydrogens (tertiary/aromatic N) is 2. The molecule has 1 unspecified atom stereocenters. The lowest BCUT2D eigenvalue weighted by atomic mass is 10.1. The molecule has 0 aliphatic heterocycles. The summed E-state index contributed by atoms with van der Waals surface area (Å²) in [7, 11) is -3.34. The van der Waals surface area contributed by atoms with Crippen molar-refractivity contribution in [1.82, 2.24) is 15.3 Å². The van der Waals surface area contributed by atoms with E-state index >= 15 is 0 Å². The normalized spacial score (nSPS) is 18.6. The van der Waals surface area contributed by atoms with Crippen molar-refractivity contribution in [2.24, 2.45) is 5.73 Å². The highest BCUT2D eigenvalue weighted by atomic mass is 32.2. The quantitative estimate of drug-likeness (QED) is 0.562. The summed E-state index contributed by atoms with van der Waals surface area (Å²) in [6, 6.07) is 10.5. The van der Waals surface area contributed by atoms with E-state index in [1.54, 1.807) is 43.6 Å². The molecule has 2 aromatic heterocycles. The Labute approximate surface area is 187 Å². The number of hydrogen-bond donors (Lipinski definition) is 2. The van der Waals surface area contributed by atoms with Crippen LogP contribution in [0.5, 0.6) is 0 Å². The maximum Gasteiger partial charge on any atom is 0.251 e. The summed E-state index contributed by atoms with van der Waals surface area (Å²) in [4.78, 5) is 20.8. The van der Waals surface area contributed by atoms with Gasteiger partial charge in [-0.25, -0.2) is 13.4 Å². The minimum absolute atomic E-state index is 0.0520. The highest BCUT2D eigenvalue weighted by Crippen LogP contribution is 2.29. The number of nitrogens with one attached hydrogen (secondary N) is 1. The molecule has 1 aromatic carbocycles. The van der Waals surface area contributed by atoms with E-state index < -0.39 is 15.1 Å². The van der Waals surface area contributed by atoms with E-state index in [9.17, 15) is 13.2 Å². The summed E-state index contributed by atoms with van der Waals surface area (Å²) in [6.07, 6.45) is 5.20. The van der Waals surface area contributed by atoms with Crippen LogP contribution < -0.4 is 11.1 Å². The van der Waals surface area contributed by atoms with Crippen LogP contribution in [0.2, 0.25) is 0 Å². The molecule has 168 valence electrons. The van der Waals surface area contributed by atoms with Crippen molar-refractivity contribution in [3.8, 4) is 11.5 Å². The zero-order valence-electron chi connectivity index (χ0n) is 17.8. The Morgan fingerprint density at radius 1 is 1.22 bits per heavy atom. The van der Waals surface area contributed by atoms with Gasteiger partial charge in [0.05, 0.1) is 16.7 Å². The summed E-state index contributed by atoms with van der Waals surface area (Å²) in [6.45, 7) is 2.10. The predicted molar refractivity (Wildman–Crippen MR) is 120 cm³/mol. The molecule has 32 heavy (non-hydrogen) atoms. The highest BCUT2D eigenvalue weighted by Gasteiger charge is 2.34. The van der Waals surface area contributed by atoms with Gasteiger partial charge in [-0.3, -0.25) is 9.78 Å². The fourth-order valence-electron chi connectivity index (χ4n) is 3.84. The second-order valence-corrected chi connectivity index (χ2v) is 10.4. The SMILES string of the molecule is Cc1oc(-c2ccc(C(=O)NCc3cccnc3)cc2)nc1CS(=O)(=O)C1CC[C@H](N)C1. The Morgan fingerprint density at radius 3 is 2.66 bits per heavy atom. The molecule has 0 saturated heterocycles. The molecular weight excluding hydrogens is 428 g/mol. The number of carbonyl (C=O) groups excluding carboxylic acids is 1. The van der Waals surface area contributed by atoms with Crippen LogP contribution in [-0.4, -0.2) is 35.6 Å². The fraction of sp³-hybridized carbons (Fsp3) is 0.348. The number of sulfone groups is 1. The summed E-state index contributed by atoms with van der Waals surface area (Å²) in [5, 5.41) is 2.43. The lowest BCUT2D eigenvalue weighted by Gasteiger charge is -2.10. The number of hydrogen-bond acceptors (Lipinski definition) is 7. The van der Waals surface area contributed by atoms with Crippen LogP contribution >= 0.6 is 0 Å². The van der Waals surface area contributed by atoms with Crippen molar-refractivity contribution in [3.63, 3.8) is 0 Å². The largest absolute Gasteiger partial charge is 0.441 e. The van der Waals surface area contributed by atoms with Crippen molar-refractivity contribution in [2.45, 2.75) is 49.8 Å². The van der Waals surface area contributed by atoms with Gasteiger partial charge in [-0.1, -0.05) is 6.07 Å². The van der Waals surface area contributed by atoms with E-state index in [0.29, 0.717) is 47.9 Å². The molecule has 2 atom stereocenters. The van der Waals surface area contributed by atoms with Gasteiger partial charge in [0.1, 0.15) is 5.76 Å². The number of carbonyl (C=O) groups is 1. The number of benzene rings is 1. The third-order valence-electron chi connectivity index (χ3n) is 5.73. The van der Waals surface area contributed by atoms with Crippen molar-refractivity contribution < 1.29 is 17.6 Å². The summed E-state index contributed by atoms with van der Waals surface area (Å²) < 4.78 is 31.2. The molecule has 0 bridgehead atoms. The molecule has 2 heterocycles. The number of rotatable bonds is 7. The smallest absolute Gasteiger partial charge is 0.251 e. The molecule has 3 aromatic rings. The van der Waals surface area contributed by atoms with E-state index in [1.807, 2.05) is 12.1 Å². The Hall–Kier alpha value is -3.04. The molecule has 1 amide bonds.